The Labute approximate surface area is 296 Å². The summed E-state index contributed by atoms with van der Waals surface area (Å²) in [5.74, 6) is -0.557. The molecule has 9 nitrogen and oxygen atoms in total. The lowest BCUT2D eigenvalue weighted by Gasteiger charge is -2.23. The van der Waals surface area contributed by atoms with E-state index in [0.29, 0.717) is 35.6 Å². The van der Waals surface area contributed by atoms with Crippen molar-refractivity contribution in [2.24, 2.45) is 11.8 Å². The minimum atomic E-state index is -0.436. The van der Waals surface area contributed by atoms with Crippen LogP contribution in [-0.4, -0.2) is 51.5 Å². The maximum absolute atomic E-state index is 15.9. The van der Waals surface area contributed by atoms with Gasteiger partial charge in [-0.1, -0.05) is 42.0 Å². The first-order valence-electron chi connectivity index (χ1n) is 17.9. The van der Waals surface area contributed by atoms with Gasteiger partial charge in [0.2, 0.25) is 0 Å². The highest BCUT2D eigenvalue weighted by molar-refractivity contribution is 6.01. The van der Waals surface area contributed by atoms with Crippen molar-refractivity contribution in [1.29, 1.82) is 0 Å². The second kappa shape index (κ2) is 14.0. The van der Waals surface area contributed by atoms with E-state index in [4.69, 9.17) is 15.2 Å². The number of carbonyl (C=O) groups excluding carboxylic acids is 1. The van der Waals surface area contributed by atoms with Crippen LogP contribution >= 0.6 is 0 Å². The zero-order chi connectivity index (χ0) is 35.1. The van der Waals surface area contributed by atoms with Crippen LogP contribution in [0.2, 0.25) is 0 Å². The summed E-state index contributed by atoms with van der Waals surface area (Å²) < 4.78 is 30.9. The highest BCUT2D eigenvalue weighted by atomic mass is 19.1. The number of aryl methyl sites for hydroxylation is 1. The van der Waals surface area contributed by atoms with Crippen LogP contribution in [0.25, 0.3) is 33.4 Å². The van der Waals surface area contributed by atoms with Gasteiger partial charge >= 0.3 is 0 Å². The van der Waals surface area contributed by atoms with Crippen molar-refractivity contribution < 1.29 is 18.7 Å². The monoisotopic (exact) mass is 687 g/mol. The molecule has 3 aromatic heterocycles. The first-order chi connectivity index (χ1) is 24.8. The second-order valence-electron chi connectivity index (χ2n) is 14.3. The molecule has 8 rings (SSSR count). The number of ether oxygens (including phenoxy) is 2. The predicted molar refractivity (Wildman–Crippen MR) is 194 cm³/mol. The summed E-state index contributed by atoms with van der Waals surface area (Å²) in [4.78, 5) is 32.3. The number of aromatic nitrogens is 4. The van der Waals surface area contributed by atoms with Crippen molar-refractivity contribution in [3.8, 4) is 33.4 Å². The Kier molecular flexibility index (Phi) is 9.12. The van der Waals surface area contributed by atoms with Gasteiger partial charge in [0.1, 0.15) is 11.6 Å². The van der Waals surface area contributed by atoms with E-state index in [1.165, 1.54) is 6.07 Å². The van der Waals surface area contributed by atoms with E-state index in [1.807, 2.05) is 65.0 Å². The lowest BCUT2D eigenvalue weighted by atomic mass is 9.96. The molecule has 2 saturated heterocycles. The molecular formula is C41H42FN5O4. The largest absolute Gasteiger partial charge is 0.383 e. The third kappa shape index (κ3) is 6.90. The molecule has 0 bridgehead atoms. The Hall–Kier alpha value is -4.93. The molecule has 3 fully saturated rings. The molecule has 2 atom stereocenters. The fourth-order valence-electron chi connectivity index (χ4n) is 7.60. The van der Waals surface area contributed by atoms with Gasteiger partial charge in [-0.15, -0.1) is 0 Å². The number of pyridine rings is 2. The molecule has 5 aromatic rings. The number of Topliss-reactive ketones (excluding diaryl/α,β-unsaturated/α-hetero) is 1. The molecule has 2 N–H and O–H groups in total. The van der Waals surface area contributed by atoms with Gasteiger partial charge in [-0.2, -0.15) is 5.10 Å². The van der Waals surface area contributed by atoms with E-state index in [2.05, 4.69) is 10.1 Å². The highest BCUT2D eigenvalue weighted by Crippen LogP contribution is 2.50. The van der Waals surface area contributed by atoms with Crippen LogP contribution < -0.4 is 11.2 Å². The van der Waals surface area contributed by atoms with Crippen LogP contribution in [0.3, 0.4) is 0 Å². The minimum absolute atomic E-state index is 0.176. The summed E-state index contributed by atoms with van der Waals surface area (Å²) in [6.45, 7) is 5.59. The van der Waals surface area contributed by atoms with Crippen LogP contribution in [0.1, 0.15) is 65.5 Å². The van der Waals surface area contributed by atoms with E-state index in [0.717, 1.165) is 79.9 Å². The Morgan fingerprint density at radius 3 is 2.35 bits per heavy atom. The number of anilines is 1. The zero-order valence-electron chi connectivity index (χ0n) is 28.8. The molecular weight excluding hydrogens is 645 g/mol. The number of rotatable bonds is 9. The third-order valence-corrected chi connectivity index (χ3v) is 10.8. The van der Waals surface area contributed by atoms with Crippen molar-refractivity contribution in [1.82, 2.24) is 19.3 Å². The van der Waals surface area contributed by atoms with Gasteiger partial charge in [-0.3, -0.25) is 14.3 Å². The lowest BCUT2D eigenvalue weighted by Crippen LogP contribution is -2.25. The van der Waals surface area contributed by atoms with Gasteiger partial charge in [0, 0.05) is 91.5 Å². The third-order valence-electron chi connectivity index (χ3n) is 10.8. The first kappa shape index (κ1) is 33.2. The predicted octanol–water partition coefficient (Wildman–Crippen LogP) is 7.24. The Morgan fingerprint density at radius 2 is 1.61 bits per heavy atom. The molecule has 5 heterocycles. The summed E-state index contributed by atoms with van der Waals surface area (Å²) in [5, 5.41) is 4.57. The van der Waals surface area contributed by atoms with Crippen LogP contribution in [0.15, 0.2) is 84.3 Å². The van der Waals surface area contributed by atoms with Crippen LogP contribution in [0.5, 0.6) is 0 Å². The fourth-order valence-corrected chi connectivity index (χ4v) is 7.60. The lowest BCUT2D eigenvalue weighted by molar-refractivity contribution is 0.0611. The quantitative estimate of drug-likeness (QED) is 0.163. The van der Waals surface area contributed by atoms with Crippen LogP contribution in [-0.2, 0) is 16.0 Å². The van der Waals surface area contributed by atoms with E-state index in [-0.39, 0.29) is 34.6 Å². The van der Waals surface area contributed by atoms with Crippen LogP contribution in [0.4, 0.5) is 10.2 Å². The topological polar surface area (TPSA) is 114 Å². The second-order valence-corrected chi connectivity index (χ2v) is 14.3. The molecule has 2 aliphatic heterocycles. The number of hydrogen-bond acceptors (Lipinski definition) is 7. The summed E-state index contributed by atoms with van der Waals surface area (Å²) >= 11 is 0. The Morgan fingerprint density at radius 1 is 0.863 bits per heavy atom. The molecule has 51 heavy (non-hydrogen) atoms. The van der Waals surface area contributed by atoms with E-state index in [1.54, 1.807) is 24.7 Å². The molecule has 1 aliphatic carbocycles. The van der Waals surface area contributed by atoms with Crippen molar-refractivity contribution >= 4 is 11.6 Å². The molecule has 0 spiro atoms. The zero-order valence-corrected chi connectivity index (χ0v) is 28.8. The summed E-state index contributed by atoms with van der Waals surface area (Å²) in [6.07, 6.45) is 13.3. The number of hydrogen-bond donors (Lipinski definition) is 1. The number of halogens is 1. The summed E-state index contributed by atoms with van der Waals surface area (Å²) in [7, 11) is 0. The maximum Gasteiger partial charge on any atom is 0.200 e. The Balaban J connectivity index is 1.03. The smallest absolute Gasteiger partial charge is 0.200 e. The van der Waals surface area contributed by atoms with E-state index in [9.17, 15) is 9.59 Å². The van der Waals surface area contributed by atoms with Gasteiger partial charge in [0.05, 0.1) is 17.8 Å². The standard InChI is InChI=1S/C41H42FN5O4/c1-25-2-4-27(5-3-25)36-23-46(21-26-8-12-50-13-9-26)24-37(40(36)49)39(48)34-18-33(34)28-6-7-32(38(42)17-28)35-16-29(19-44-41(35)43)30-20-45-47(22-30)31-10-14-51-15-11-31/h2-7,16-17,19-20,22-24,26,31,33-34H,8-15,18,21H2,1H3,(H2,43,44). The molecule has 0 amide bonds. The highest BCUT2D eigenvalue weighted by Gasteiger charge is 2.45. The van der Waals surface area contributed by atoms with Gasteiger partial charge < -0.3 is 19.8 Å². The normalized spacial score (nSPS) is 19.6. The van der Waals surface area contributed by atoms with Crippen molar-refractivity contribution in [2.75, 3.05) is 32.2 Å². The molecule has 0 radical (unpaired) electrons. The average Bonchev–Trinajstić information content (AvgIpc) is 3.80. The van der Waals surface area contributed by atoms with Crippen LogP contribution in [0, 0.1) is 24.6 Å². The minimum Gasteiger partial charge on any atom is -0.383 e. The summed E-state index contributed by atoms with van der Waals surface area (Å²) in [5.41, 5.74) is 11.9. The van der Waals surface area contributed by atoms with Crippen molar-refractivity contribution in [2.45, 2.75) is 57.5 Å². The molecule has 3 aliphatic rings. The summed E-state index contributed by atoms with van der Waals surface area (Å²) in [6, 6.07) is 15.0. The molecule has 10 heteroatoms. The van der Waals surface area contributed by atoms with Gasteiger partial charge in [-0.05, 0) is 74.1 Å². The fraction of sp³-hybridized carbons (Fsp3) is 0.366. The molecule has 2 aromatic carbocycles. The number of nitrogens with zero attached hydrogens (tertiary/aromatic N) is 4. The number of ketones is 1. The number of benzene rings is 2. The molecule has 2 unspecified atom stereocenters. The number of nitrogen functional groups attached to an aromatic ring is 1. The van der Waals surface area contributed by atoms with Gasteiger partial charge in [-0.25, -0.2) is 9.37 Å². The average molecular weight is 688 g/mol. The van der Waals surface area contributed by atoms with Gasteiger partial charge in [0.25, 0.3) is 0 Å². The van der Waals surface area contributed by atoms with Crippen molar-refractivity contribution in [3.05, 3.63) is 112 Å². The SMILES string of the molecule is Cc1ccc(-c2cn(CC3CCOCC3)cc(C(=O)C3CC3c3ccc(-c4cc(-c5cnn(C6CCOCC6)c5)cnc4N)c(F)c3)c2=O)cc1. The van der Waals surface area contributed by atoms with Gasteiger partial charge in [0.15, 0.2) is 11.2 Å². The maximum atomic E-state index is 15.9. The van der Waals surface area contributed by atoms with E-state index < -0.39 is 11.7 Å². The molecule has 262 valence electrons. The Bertz CT molecular complexity index is 2130. The van der Waals surface area contributed by atoms with E-state index >= 15 is 4.39 Å². The molecule has 1 saturated carbocycles. The van der Waals surface area contributed by atoms with Crippen molar-refractivity contribution in [3.63, 3.8) is 0 Å². The number of nitrogens with two attached hydrogens (primary N) is 1. The first-order valence-corrected chi connectivity index (χ1v) is 17.9. The number of carbonyl (C=O) groups is 1.